The van der Waals surface area contributed by atoms with Crippen LogP contribution in [0.25, 0.3) is 0 Å². The maximum Gasteiger partial charge on any atom is 0.141 e. The van der Waals surface area contributed by atoms with E-state index in [2.05, 4.69) is 11.4 Å². The molecule has 4 rings (SSSR count). The third-order valence-corrected chi connectivity index (χ3v) is 6.25. The van der Waals surface area contributed by atoms with Gasteiger partial charge in [-0.2, -0.15) is 0 Å². The van der Waals surface area contributed by atoms with Crippen molar-refractivity contribution in [2.75, 3.05) is 6.54 Å². The quantitative estimate of drug-likeness (QED) is 0.814. The van der Waals surface area contributed by atoms with Gasteiger partial charge in [-0.3, -0.25) is 5.32 Å². The molecule has 2 atom stereocenters. The van der Waals surface area contributed by atoms with Gasteiger partial charge in [-0.1, -0.05) is 25.0 Å². The molecule has 2 N–H and O–H groups in total. The fourth-order valence-corrected chi connectivity index (χ4v) is 4.80. The van der Waals surface area contributed by atoms with Crippen LogP contribution in [0.2, 0.25) is 0 Å². The lowest BCUT2D eigenvalue weighted by Crippen LogP contribution is -2.49. The van der Waals surface area contributed by atoms with E-state index < -0.39 is 0 Å². The number of phenolic OH excluding ortho intramolecular Hbond substituents is 1. The number of nitrogens with one attached hydrogen (secondary N) is 1. The Morgan fingerprint density at radius 2 is 2.09 bits per heavy atom. The topological polar surface area (TPSA) is 32.3 Å². The summed E-state index contributed by atoms with van der Waals surface area (Å²) in [5.74, 6) is 3.16. The van der Waals surface area contributed by atoms with Crippen molar-refractivity contribution in [1.82, 2.24) is 5.32 Å². The van der Waals surface area contributed by atoms with E-state index in [9.17, 15) is 5.11 Å². The number of benzene rings is 1. The van der Waals surface area contributed by atoms with Gasteiger partial charge in [0.1, 0.15) is 18.2 Å². The van der Waals surface area contributed by atoms with E-state index >= 15 is 0 Å². The van der Waals surface area contributed by atoms with Crippen LogP contribution in [-0.4, -0.2) is 17.7 Å². The molecule has 22 heavy (non-hydrogen) atoms. The monoisotopic (exact) mass is 298 g/mol. The van der Waals surface area contributed by atoms with E-state index in [0.29, 0.717) is 11.8 Å². The summed E-state index contributed by atoms with van der Waals surface area (Å²) in [6, 6.07) is 8.66. The van der Waals surface area contributed by atoms with Crippen molar-refractivity contribution in [2.24, 2.45) is 5.92 Å². The lowest BCUT2D eigenvalue weighted by Gasteiger charge is -2.43. The second-order valence-corrected chi connectivity index (χ2v) is 7.78. The highest BCUT2D eigenvalue weighted by molar-refractivity contribution is 5.36. The normalized spacial score (nSPS) is 32.4. The minimum atomic E-state index is 0.238. The lowest BCUT2D eigenvalue weighted by molar-refractivity contribution is 0.212. The highest BCUT2D eigenvalue weighted by Crippen LogP contribution is 2.47. The van der Waals surface area contributed by atoms with Gasteiger partial charge in [0.25, 0.3) is 0 Å². The predicted octanol–water partition coefficient (Wildman–Crippen LogP) is 4.33. The number of aromatic hydroxyl groups is 1. The van der Waals surface area contributed by atoms with Gasteiger partial charge in [-0.25, -0.2) is 0 Å². The Labute approximate surface area is 134 Å². The zero-order valence-corrected chi connectivity index (χ0v) is 13.5. The minimum Gasteiger partial charge on any atom is -0.508 e. The molecule has 118 valence electrons. The van der Waals surface area contributed by atoms with Crippen molar-refractivity contribution in [3.63, 3.8) is 0 Å². The number of hydrogen-bond acceptors (Lipinski definition) is 2. The summed E-state index contributed by atoms with van der Waals surface area (Å²) < 4.78 is 0. The number of fused-ring (bicyclic) bond motifs is 1. The highest BCUT2D eigenvalue weighted by atomic mass is 16.3. The molecule has 1 aromatic rings. The fraction of sp³-hybridized carbons (Fsp3) is 0.650. The van der Waals surface area contributed by atoms with Crippen LogP contribution < -0.4 is 5.32 Å². The van der Waals surface area contributed by atoms with Crippen molar-refractivity contribution in [3.05, 3.63) is 35.7 Å². The number of phenols is 1. The van der Waals surface area contributed by atoms with Crippen LogP contribution in [0.3, 0.4) is 0 Å². The SMILES string of the molecule is Oc1cccc([C@@]23CCCC[C@H]2NC[C+](CC2CC2)CC3)c1. The van der Waals surface area contributed by atoms with Crippen molar-refractivity contribution >= 4 is 0 Å². The molecule has 1 aromatic carbocycles. The molecule has 0 unspecified atom stereocenters. The molecule has 2 saturated carbocycles. The third kappa shape index (κ3) is 2.74. The molecule has 0 radical (unpaired) electrons. The van der Waals surface area contributed by atoms with Crippen molar-refractivity contribution in [2.45, 2.75) is 69.2 Å². The summed E-state index contributed by atoms with van der Waals surface area (Å²) in [6.07, 6.45) is 12.0. The van der Waals surface area contributed by atoms with Gasteiger partial charge < -0.3 is 5.11 Å². The van der Waals surface area contributed by atoms with E-state index in [-0.39, 0.29) is 5.41 Å². The fourth-order valence-electron chi connectivity index (χ4n) is 4.80. The van der Waals surface area contributed by atoms with Gasteiger partial charge in [-0.05, 0) is 55.7 Å². The van der Waals surface area contributed by atoms with E-state index in [1.54, 1.807) is 12.0 Å². The first kappa shape index (κ1) is 14.4. The molecule has 2 nitrogen and oxygen atoms in total. The third-order valence-electron chi connectivity index (χ3n) is 6.25. The molecule has 0 spiro atoms. The van der Waals surface area contributed by atoms with Gasteiger partial charge in [0.05, 0.1) is 12.8 Å². The Kier molecular flexibility index (Phi) is 3.81. The Morgan fingerprint density at radius 1 is 1.18 bits per heavy atom. The van der Waals surface area contributed by atoms with Crippen LogP contribution in [0.15, 0.2) is 24.3 Å². The van der Waals surface area contributed by atoms with Crippen molar-refractivity contribution in [3.8, 4) is 5.75 Å². The summed E-state index contributed by atoms with van der Waals surface area (Å²) >= 11 is 0. The second kappa shape index (κ2) is 5.81. The molecule has 3 aliphatic rings. The van der Waals surface area contributed by atoms with Crippen LogP contribution >= 0.6 is 0 Å². The molecular weight excluding hydrogens is 270 g/mol. The Bertz CT molecular complexity index is 524. The molecule has 1 aliphatic heterocycles. The summed E-state index contributed by atoms with van der Waals surface area (Å²) in [5, 5.41) is 13.9. The standard InChI is InChI=1S/C20H27NO/c22-18-5-3-4-17(13-18)20-10-2-1-6-19(20)21-14-16(9-11-20)12-15-7-8-15/h3-5,13,15,19,21H,1-2,6-12,14H2/p+1/t19-,20+/m1/s1. The van der Waals surface area contributed by atoms with Gasteiger partial charge in [0, 0.05) is 11.5 Å². The van der Waals surface area contributed by atoms with Crippen LogP contribution in [0.4, 0.5) is 0 Å². The zero-order chi connectivity index (χ0) is 15.0. The van der Waals surface area contributed by atoms with Crippen LogP contribution in [-0.2, 0) is 5.41 Å². The Balaban J connectivity index is 1.60. The molecule has 0 amide bonds. The van der Waals surface area contributed by atoms with E-state index in [1.807, 2.05) is 12.1 Å². The van der Waals surface area contributed by atoms with E-state index in [4.69, 9.17) is 0 Å². The molecular formula is C20H28NO+. The molecule has 0 bridgehead atoms. The van der Waals surface area contributed by atoms with E-state index in [0.717, 1.165) is 12.5 Å². The molecule has 2 aliphatic carbocycles. The maximum atomic E-state index is 9.95. The molecule has 1 heterocycles. The number of rotatable bonds is 3. The summed E-state index contributed by atoms with van der Waals surface area (Å²) in [4.78, 5) is 0. The van der Waals surface area contributed by atoms with Crippen LogP contribution in [0, 0.1) is 11.8 Å². The first-order valence-electron chi connectivity index (χ1n) is 9.13. The lowest BCUT2D eigenvalue weighted by atomic mass is 9.63. The summed E-state index contributed by atoms with van der Waals surface area (Å²) in [6.45, 7) is 1.13. The molecule has 2 heteroatoms. The maximum absolute atomic E-state index is 9.95. The Morgan fingerprint density at radius 3 is 2.91 bits per heavy atom. The largest absolute Gasteiger partial charge is 0.508 e. The average Bonchev–Trinajstić information content (AvgIpc) is 3.36. The number of hydrogen-bond donors (Lipinski definition) is 2. The smallest absolute Gasteiger partial charge is 0.141 e. The minimum absolute atomic E-state index is 0.238. The second-order valence-electron chi connectivity index (χ2n) is 7.78. The molecule has 0 aromatic heterocycles. The van der Waals surface area contributed by atoms with Gasteiger partial charge in [-0.15, -0.1) is 0 Å². The molecule has 1 saturated heterocycles. The van der Waals surface area contributed by atoms with Crippen LogP contribution in [0.1, 0.15) is 63.4 Å². The van der Waals surface area contributed by atoms with Crippen LogP contribution in [0.5, 0.6) is 5.75 Å². The van der Waals surface area contributed by atoms with Crippen molar-refractivity contribution < 1.29 is 5.11 Å². The van der Waals surface area contributed by atoms with Crippen molar-refractivity contribution in [1.29, 1.82) is 0 Å². The Hall–Kier alpha value is -1.15. The first-order chi connectivity index (χ1) is 10.8. The first-order valence-corrected chi connectivity index (χ1v) is 9.13. The predicted molar refractivity (Wildman–Crippen MR) is 89.9 cm³/mol. The summed E-state index contributed by atoms with van der Waals surface area (Å²) in [5.41, 5.74) is 1.60. The van der Waals surface area contributed by atoms with Gasteiger partial charge in [0.15, 0.2) is 0 Å². The van der Waals surface area contributed by atoms with Gasteiger partial charge in [0.2, 0.25) is 0 Å². The van der Waals surface area contributed by atoms with E-state index in [1.165, 1.54) is 63.4 Å². The highest BCUT2D eigenvalue weighted by Gasteiger charge is 2.47. The van der Waals surface area contributed by atoms with Gasteiger partial charge >= 0.3 is 0 Å². The zero-order valence-electron chi connectivity index (χ0n) is 13.5. The molecule has 3 fully saturated rings. The summed E-state index contributed by atoms with van der Waals surface area (Å²) in [7, 11) is 0. The average molecular weight is 298 g/mol.